The number of nitrogens with one attached hydrogen (secondary N) is 1. The van der Waals surface area contributed by atoms with Gasteiger partial charge in [0.25, 0.3) is 0 Å². The number of fused-ring (bicyclic) bond motifs is 2. The third-order valence-electron chi connectivity index (χ3n) is 6.53. The summed E-state index contributed by atoms with van der Waals surface area (Å²) in [6, 6.07) is 0. The molecule has 7 nitrogen and oxygen atoms in total. The van der Waals surface area contributed by atoms with Crippen LogP contribution in [0.3, 0.4) is 0 Å². The Morgan fingerprint density at radius 1 is 1.14 bits per heavy atom. The minimum atomic E-state index is 0.216. The van der Waals surface area contributed by atoms with E-state index in [1.54, 1.807) is 0 Å². The van der Waals surface area contributed by atoms with E-state index in [0.29, 0.717) is 6.54 Å². The standard InChI is InChI=1S/C22H35N7/c1-4-6-12-28-13-7-9-22(15-28)10-8-18-20(22)25-17(3)26-21(18)23-14-19-27-24-16-29(19)11-5-2/h16H,4-15H2,1-3H3,(H,23,25,26). The van der Waals surface area contributed by atoms with E-state index in [2.05, 4.69) is 38.8 Å². The number of hydrogen-bond acceptors (Lipinski definition) is 6. The van der Waals surface area contributed by atoms with Crippen LogP contribution in [-0.4, -0.2) is 49.3 Å². The molecule has 1 fully saturated rings. The molecular weight excluding hydrogens is 362 g/mol. The van der Waals surface area contributed by atoms with E-state index in [1.165, 1.54) is 56.5 Å². The van der Waals surface area contributed by atoms with E-state index in [9.17, 15) is 0 Å². The number of piperidine rings is 1. The number of unbranched alkanes of at least 4 members (excludes halogenated alkanes) is 1. The summed E-state index contributed by atoms with van der Waals surface area (Å²) in [5.74, 6) is 2.84. The van der Waals surface area contributed by atoms with Crippen molar-refractivity contribution in [1.29, 1.82) is 0 Å². The molecule has 1 spiro atoms. The molecule has 158 valence electrons. The normalized spacial score (nSPS) is 21.6. The van der Waals surface area contributed by atoms with E-state index in [4.69, 9.17) is 9.97 Å². The predicted molar refractivity (Wildman–Crippen MR) is 115 cm³/mol. The molecule has 7 heteroatoms. The van der Waals surface area contributed by atoms with E-state index in [1.807, 2.05) is 13.3 Å². The summed E-state index contributed by atoms with van der Waals surface area (Å²) < 4.78 is 2.12. The first kappa shape index (κ1) is 20.3. The topological polar surface area (TPSA) is 71.8 Å². The van der Waals surface area contributed by atoms with Gasteiger partial charge in [-0.1, -0.05) is 20.3 Å². The molecular formula is C22H35N7. The number of likely N-dealkylation sites (tertiary alicyclic amines) is 1. The van der Waals surface area contributed by atoms with Crippen molar-refractivity contribution in [3.05, 3.63) is 29.2 Å². The lowest BCUT2D eigenvalue weighted by Gasteiger charge is -2.40. The van der Waals surface area contributed by atoms with Gasteiger partial charge >= 0.3 is 0 Å². The van der Waals surface area contributed by atoms with Crippen LogP contribution < -0.4 is 5.32 Å². The van der Waals surface area contributed by atoms with Gasteiger partial charge in [-0.15, -0.1) is 10.2 Å². The molecule has 1 aliphatic carbocycles. The fourth-order valence-corrected chi connectivity index (χ4v) is 5.10. The molecule has 2 aromatic heterocycles. The van der Waals surface area contributed by atoms with Gasteiger partial charge in [0.1, 0.15) is 18.0 Å². The lowest BCUT2D eigenvalue weighted by atomic mass is 9.77. The van der Waals surface area contributed by atoms with Crippen molar-refractivity contribution in [2.45, 2.75) is 84.2 Å². The third-order valence-corrected chi connectivity index (χ3v) is 6.53. The zero-order valence-electron chi connectivity index (χ0n) is 18.2. The van der Waals surface area contributed by atoms with Crippen molar-refractivity contribution >= 4 is 5.82 Å². The number of anilines is 1. The molecule has 1 atom stereocenters. The van der Waals surface area contributed by atoms with Crippen LogP contribution in [0.25, 0.3) is 0 Å². The van der Waals surface area contributed by atoms with Gasteiger partial charge in [-0.05, 0) is 58.5 Å². The highest BCUT2D eigenvalue weighted by atomic mass is 15.3. The molecule has 29 heavy (non-hydrogen) atoms. The van der Waals surface area contributed by atoms with E-state index >= 15 is 0 Å². The fourth-order valence-electron chi connectivity index (χ4n) is 5.10. The zero-order valence-corrected chi connectivity index (χ0v) is 18.2. The van der Waals surface area contributed by atoms with Gasteiger partial charge in [0.15, 0.2) is 5.82 Å². The Bertz CT molecular complexity index is 831. The number of nitrogens with zero attached hydrogens (tertiary/aromatic N) is 6. The van der Waals surface area contributed by atoms with Crippen molar-refractivity contribution in [2.24, 2.45) is 0 Å². The fraction of sp³-hybridized carbons (Fsp3) is 0.727. The Morgan fingerprint density at radius 3 is 2.86 bits per heavy atom. The monoisotopic (exact) mass is 397 g/mol. The summed E-state index contributed by atoms with van der Waals surface area (Å²) in [4.78, 5) is 12.4. The highest BCUT2D eigenvalue weighted by molar-refractivity contribution is 5.52. The second kappa shape index (κ2) is 8.78. The molecule has 1 aliphatic heterocycles. The van der Waals surface area contributed by atoms with Crippen LogP contribution in [0.1, 0.15) is 75.3 Å². The van der Waals surface area contributed by atoms with Gasteiger partial charge in [-0.3, -0.25) is 0 Å². The van der Waals surface area contributed by atoms with Gasteiger partial charge in [-0.2, -0.15) is 0 Å². The Morgan fingerprint density at radius 2 is 2.03 bits per heavy atom. The number of rotatable bonds is 8. The molecule has 0 aromatic carbocycles. The van der Waals surface area contributed by atoms with Crippen LogP contribution in [-0.2, 0) is 24.9 Å². The third kappa shape index (κ3) is 4.15. The summed E-state index contributed by atoms with van der Waals surface area (Å²) in [6.07, 6.45) is 10.2. The van der Waals surface area contributed by atoms with E-state index in [-0.39, 0.29) is 5.41 Å². The molecule has 0 bridgehead atoms. The van der Waals surface area contributed by atoms with E-state index < -0.39 is 0 Å². The Kier molecular flexibility index (Phi) is 6.13. The maximum absolute atomic E-state index is 4.99. The molecule has 0 amide bonds. The molecule has 1 N–H and O–H groups in total. The van der Waals surface area contributed by atoms with Crippen molar-refractivity contribution in [2.75, 3.05) is 25.0 Å². The smallest absolute Gasteiger partial charge is 0.152 e. The Labute approximate surface area is 174 Å². The maximum Gasteiger partial charge on any atom is 0.152 e. The lowest BCUT2D eigenvalue weighted by Crippen LogP contribution is -2.45. The molecule has 2 aliphatic rings. The number of aromatic nitrogens is 5. The first-order valence-electron chi connectivity index (χ1n) is 11.4. The molecule has 1 unspecified atom stereocenters. The van der Waals surface area contributed by atoms with Crippen LogP contribution in [0.4, 0.5) is 5.82 Å². The molecule has 2 aromatic rings. The van der Waals surface area contributed by atoms with Crippen LogP contribution in [0, 0.1) is 6.92 Å². The van der Waals surface area contributed by atoms with Crippen LogP contribution in [0.2, 0.25) is 0 Å². The number of aryl methyl sites for hydroxylation is 2. The van der Waals surface area contributed by atoms with Crippen LogP contribution >= 0.6 is 0 Å². The zero-order chi connectivity index (χ0) is 20.3. The van der Waals surface area contributed by atoms with E-state index in [0.717, 1.165) is 43.4 Å². The van der Waals surface area contributed by atoms with Crippen molar-refractivity contribution < 1.29 is 0 Å². The second-order valence-electron chi connectivity index (χ2n) is 8.75. The lowest BCUT2D eigenvalue weighted by molar-refractivity contribution is 0.141. The van der Waals surface area contributed by atoms with Crippen LogP contribution in [0.5, 0.6) is 0 Å². The van der Waals surface area contributed by atoms with Crippen molar-refractivity contribution in [1.82, 2.24) is 29.6 Å². The largest absolute Gasteiger partial charge is 0.362 e. The molecule has 1 saturated heterocycles. The summed E-state index contributed by atoms with van der Waals surface area (Å²) in [5, 5.41) is 11.9. The summed E-state index contributed by atoms with van der Waals surface area (Å²) >= 11 is 0. The summed E-state index contributed by atoms with van der Waals surface area (Å²) in [5.41, 5.74) is 2.85. The molecule has 4 rings (SSSR count). The van der Waals surface area contributed by atoms with Gasteiger partial charge in [0, 0.05) is 24.1 Å². The first-order chi connectivity index (χ1) is 14.1. The SMILES string of the molecule is CCCCN1CCCC2(CCc3c(NCc4nncn4CCC)nc(C)nc32)C1. The first-order valence-corrected chi connectivity index (χ1v) is 11.4. The highest BCUT2D eigenvalue weighted by Crippen LogP contribution is 2.45. The maximum atomic E-state index is 4.99. The second-order valence-corrected chi connectivity index (χ2v) is 8.75. The van der Waals surface area contributed by atoms with Crippen molar-refractivity contribution in [3.8, 4) is 0 Å². The minimum absolute atomic E-state index is 0.216. The Balaban J connectivity index is 1.55. The minimum Gasteiger partial charge on any atom is -0.362 e. The van der Waals surface area contributed by atoms with Gasteiger partial charge in [0.05, 0.1) is 12.2 Å². The average Bonchev–Trinajstić information content (AvgIpc) is 3.30. The molecule has 0 saturated carbocycles. The van der Waals surface area contributed by atoms with Gasteiger partial charge in [-0.25, -0.2) is 9.97 Å². The molecule has 3 heterocycles. The number of hydrogen-bond donors (Lipinski definition) is 1. The van der Waals surface area contributed by atoms with Gasteiger partial charge < -0.3 is 14.8 Å². The quantitative estimate of drug-likeness (QED) is 0.735. The van der Waals surface area contributed by atoms with Gasteiger partial charge in [0.2, 0.25) is 0 Å². The average molecular weight is 398 g/mol. The molecule has 0 radical (unpaired) electrons. The van der Waals surface area contributed by atoms with Crippen molar-refractivity contribution in [3.63, 3.8) is 0 Å². The van der Waals surface area contributed by atoms with Crippen LogP contribution in [0.15, 0.2) is 6.33 Å². The summed E-state index contributed by atoms with van der Waals surface area (Å²) in [6.45, 7) is 11.7. The summed E-state index contributed by atoms with van der Waals surface area (Å²) in [7, 11) is 0. The predicted octanol–water partition coefficient (Wildman–Crippen LogP) is 3.48. The highest BCUT2D eigenvalue weighted by Gasteiger charge is 2.44. The Hall–Kier alpha value is -2.02.